The highest BCUT2D eigenvalue weighted by atomic mass is 16.2. The van der Waals surface area contributed by atoms with Crippen LogP contribution in [-0.2, 0) is 0 Å². The number of benzene rings is 1. The smallest absolute Gasteiger partial charge is 0.323 e. The third-order valence-corrected chi connectivity index (χ3v) is 4.99. The molecule has 1 saturated heterocycles. The maximum absolute atomic E-state index is 12.7. The molecule has 1 aliphatic rings. The lowest BCUT2D eigenvalue weighted by Gasteiger charge is -2.35. The van der Waals surface area contributed by atoms with Gasteiger partial charge >= 0.3 is 6.03 Å². The quantitative estimate of drug-likeness (QED) is 0.756. The first-order valence-corrected chi connectivity index (χ1v) is 9.38. The van der Waals surface area contributed by atoms with Gasteiger partial charge in [0.25, 0.3) is 0 Å². The number of urea groups is 1. The van der Waals surface area contributed by atoms with Crippen molar-refractivity contribution in [2.45, 2.75) is 13.0 Å². The second-order valence-corrected chi connectivity index (χ2v) is 6.72. The van der Waals surface area contributed by atoms with Gasteiger partial charge < -0.3 is 9.80 Å². The van der Waals surface area contributed by atoms with Gasteiger partial charge in [0.2, 0.25) is 0 Å². The van der Waals surface area contributed by atoms with E-state index in [-0.39, 0.29) is 12.1 Å². The standard InChI is InChI=1S/C20H23N7O/c1-16(17-5-3-2-4-6-17)27-18(7-8-23-27)24-20(28)26-13-11-25(12-14-26)19-15-21-9-10-22-19/h2-10,15-16H,11-14H2,1H3,(H,24,28). The molecule has 0 bridgehead atoms. The van der Waals surface area contributed by atoms with Crippen molar-refractivity contribution in [2.24, 2.45) is 0 Å². The number of aromatic nitrogens is 4. The SMILES string of the molecule is CC(c1ccccc1)n1nccc1NC(=O)N1CCN(c2cnccn2)CC1. The Kier molecular flexibility index (Phi) is 5.18. The molecule has 144 valence electrons. The number of rotatable bonds is 4. The predicted octanol–water partition coefficient (Wildman–Crippen LogP) is 2.64. The van der Waals surface area contributed by atoms with Crippen LogP contribution in [0.5, 0.6) is 0 Å². The van der Waals surface area contributed by atoms with Crippen LogP contribution in [0.15, 0.2) is 61.2 Å². The summed E-state index contributed by atoms with van der Waals surface area (Å²) in [5, 5.41) is 7.41. The molecule has 1 aliphatic heterocycles. The van der Waals surface area contributed by atoms with Gasteiger partial charge in [-0.05, 0) is 12.5 Å². The number of amides is 2. The van der Waals surface area contributed by atoms with E-state index in [9.17, 15) is 4.79 Å². The molecule has 8 nitrogen and oxygen atoms in total. The van der Waals surface area contributed by atoms with Gasteiger partial charge in [0.05, 0.1) is 18.4 Å². The monoisotopic (exact) mass is 377 g/mol. The zero-order valence-electron chi connectivity index (χ0n) is 15.8. The Morgan fingerprint density at radius 2 is 1.82 bits per heavy atom. The second kappa shape index (κ2) is 8.08. The van der Waals surface area contributed by atoms with Crippen molar-refractivity contribution in [3.8, 4) is 0 Å². The summed E-state index contributed by atoms with van der Waals surface area (Å²) in [6.45, 7) is 4.78. The summed E-state index contributed by atoms with van der Waals surface area (Å²) in [6.07, 6.45) is 6.80. The molecule has 1 N–H and O–H groups in total. The lowest BCUT2D eigenvalue weighted by molar-refractivity contribution is 0.207. The third-order valence-electron chi connectivity index (χ3n) is 4.99. The highest BCUT2D eigenvalue weighted by molar-refractivity contribution is 5.88. The van der Waals surface area contributed by atoms with Gasteiger partial charge in [-0.1, -0.05) is 30.3 Å². The Bertz CT molecular complexity index is 905. The highest BCUT2D eigenvalue weighted by Gasteiger charge is 2.23. The Hall–Kier alpha value is -3.42. The molecular formula is C20H23N7O. The van der Waals surface area contributed by atoms with Crippen LogP contribution >= 0.6 is 0 Å². The molecule has 0 spiro atoms. The van der Waals surface area contributed by atoms with Crippen molar-refractivity contribution in [3.63, 3.8) is 0 Å². The molecule has 1 aromatic carbocycles. The molecule has 4 rings (SSSR count). The van der Waals surface area contributed by atoms with E-state index in [1.54, 1.807) is 24.8 Å². The molecule has 2 aromatic heterocycles. The van der Waals surface area contributed by atoms with E-state index in [1.165, 1.54) is 0 Å². The van der Waals surface area contributed by atoms with Gasteiger partial charge in [0, 0.05) is 44.6 Å². The fourth-order valence-electron chi connectivity index (χ4n) is 3.38. The number of hydrogen-bond donors (Lipinski definition) is 1. The van der Waals surface area contributed by atoms with Crippen molar-refractivity contribution >= 4 is 17.7 Å². The van der Waals surface area contributed by atoms with Crippen LogP contribution in [0, 0.1) is 0 Å². The normalized spacial score (nSPS) is 15.3. The number of carbonyl (C=O) groups is 1. The van der Waals surface area contributed by atoms with Crippen LogP contribution in [0.3, 0.4) is 0 Å². The van der Waals surface area contributed by atoms with Crippen molar-refractivity contribution in [3.05, 3.63) is 66.7 Å². The Balaban J connectivity index is 1.38. The topological polar surface area (TPSA) is 79.2 Å². The van der Waals surface area contributed by atoms with E-state index in [2.05, 4.69) is 44.3 Å². The average molecular weight is 377 g/mol. The zero-order chi connectivity index (χ0) is 19.3. The van der Waals surface area contributed by atoms with Gasteiger partial charge in [0.1, 0.15) is 11.6 Å². The summed E-state index contributed by atoms with van der Waals surface area (Å²) in [5.74, 6) is 1.54. The molecule has 8 heteroatoms. The van der Waals surface area contributed by atoms with Crippen LogP contribution in [0.4, 0.5) is 16.4 Å². The fraction of sp³-hybridized carbons (Fsp3) is 0.300. The molecule has 1 fully saturated rings. The Morgan fingerprint density at radius 1 is 1.04 bits per heavy atom. The number of hydrogen-bond acceptors (Lipinski definition) is 5. The second-order valence-electron chi connectivity index (χ2n) is 6.72. The lowest BCUT2D eigenvalue weighted by atomic mass is 10.1. The molecule has 28 heavy (non-hydrogen) atoms. The van der Waals surface area contributed by atoms with Gasteiger partial charge in [-0.2, -0.15) is 5.10 Å². The number of piperazine rings is 1. The highest BCUT2D eigenvalue weighted by Crippen LogP contribution is 2.22. The summed E-state index contributed by atoms with van der Waals surface area (Å²) < 4.78 is 1.84. The summed E-state index contributed by atoms with van der Waals surface area (Å²) in [6, 6.07) is 11.9. The zero-order valence-corrected chi connectivity index (χ0v) is 15.8. The van der Waals surface area contributed by atoms with Crippen LogP contribution in [0.1, 0.15) is 18.5 Å². The molecule has 0 saturated carbocycles. The lowest BCUT2D eigenvalue weighted by Crippen LogP contribution is -2.50. The van der Waals surface area contributed by atoms with E-state index in [4.69, 9.17) is 0 Å². The average Bonchev–Trinajstić information content (AvgIpc) is 3.22. The van der Waals surface area contributed by atoms with Crippen molar-refractivity contribution < 1.29 is 4.79 Å². The number of anilines is 2. The summed E-state index contributed by atoms with van der Waals surface area (Å²) in [7, 11) is 0. The number of nitrogens with zero attached hydrogens (tertiary/aromatic N) is 6. The van der Waals surface area contributed by atoms with Crippen molar-refractivity contribution in [1.82, 2.24) is 24.6 Å². The van der Waals surface area contributed by atoms with Gasteiger partial charge in [0.15, 0.2) is 0 Å². The van der Waals surface area contributed by atoms with E-state index in [1.807, 2.05) is 33.8 Å². The van der Waals surface area contributed by atoms with Crippen LogP contribution < -0.4 is 10.2 Å². The van der Waals surface area contributed by atoms with Crippen LogP contribution in [0.25, 0.3) is 0 Å². The van der Waals surface area contributed by atoms with Crippen LogP contribution in [0.2, 0.25) is 0 Å². The minimum absolute atomic E-state index is 0.0278. The first-order chi connectivity index (χ1) is 13.7. The minimum Gasteiger partial charge on any atom is -0.352 e. The van der Waals surface area contributed by atoms with Crippen molar-refractivity contribution in [1.29, 1.82) is 0 Å². The molecule has 2 amide bonds. The Morgan fingerprint density at radius 3 is 2.54 bits per heavy atom. The summed E-state index contributed by atoms with van der Waals surface area (Å²) >= 11 is 0. The fourth-order valence-corrected chi connectivity index (χ4v) is 3.38. The van der Waals surface area contributed by atoms with Gasteiger partial charge in [-0.25, -0.2) is 14.5 Å². The molecule has 3 heterocycles. The minimum atomic E-state index is -0.110. The summed E-state index contributed by atoms with van der Waals surface area (Å²) in [4.78, 5) is 25.1. The van der Waals surface area contributed by atoms with E-state index < -0.39 is 0 Å². The van der Waals surface area contributed by atoms with E-state index in [0.29, 0.717) is 18.9 Å². The van der Waals surface area contributed by atoms with E-state index >= 15 is 0 Å². The van der Waals surface area contributed by atoms with Crippen molar-refractivity contribution in [2.75, 3.05) is 36.4 Å². The van der Waals surface area contributed by atoms with Crippen LogP contribution in [-0.4, -0.2) is 56.9 Å². The number of carbonyl (C=O) groups excluding carboxylic acids is 1. The molecular weight excluding hydrogens is 354 g/mol. The Labute approximate surface area is 163 Å². The largest absolute Gasteiger partial charge is 0.352 e. The van der Waals surface area contributed by atoms with Gasteiger partial charge in [-0.15, -0.1) is 0 Å². The first kappa shape index (κ1) is 18.0. The molecule has 1 atom stereocenters. The molecule has 1 unspecified atom stereocenters. The maximum atomic E-state index is 12.7. The number of nitrogens with one attached hydrogen (secondary N) is 1. The summed E-state index contributed by atoms with van der Waals surface area (Å²) in [5.41, 5.74) is 1.14. The molecule has 0 radical (unpaired) electrons. The van der Waals surface area contributed by atoms with Gasteiger partial charge in [-0.3, -0.25) is 10.3 Å². The molecule has 3 aromatic rings. The first-order valence-electron chi connectivity index (χ1n) is 9.38. The predicted molar refractivity (Wildman–Crippen MR) is 107 cm³/mol. The molecule has 0 aliphatic carbocycles. The van der Waals surface area contributed by atoms with E-state index in [0.717, 1.165) is 24.5 Å². The third kappa shape index (κ3) is 3.80. The maximum Gasteiger partial charge on any atom is 0.323 e.